The predicted octanol–water partition coefficient (Wildman–Crippen LogP) is 3.46. The van der Waals surface area contributed by atoms with Gasteiger partial charge in [0, 0.05) is 61.0 Å². The van der Waals surface area contributed by atoms with Crippen LogP contribution in [0.2, 0.25) is 0 Å². The first-order valence-corrected chi connectivity index (χ1v) is 12.6. The lowest BCUT2D eigenvalue weighted by atomic mass is 10.1. The Balaban J connectivity index is 1.06. The zero-order valence-corrected chi connectivity index (χ0v) is 20.3. The van der Waals surface area contributed by atoms with Gasteiger partial charge < -0.3 is 19.9 Å². The SMILES string of the molecule is Cc1cc(Nc2nccc(-c3ccc(N4CC5CC4CO5)nc3)n2)ccc1N1CC2CC1CN2C. The fraction of sp³-hybridized carbons (Fsp3) is 0.444. The number of nitrogens with one attached hydrogen (secondary N) is 1. The lowest BCUT2D eigenvalue weighted by Gasteiger charge is -2.34. The van der Waals surface area contributed by atoms with Gasteiger partial charge in [-0.15, -0.1) is 0 Å². The third kappa shape index (κ3) is 3.72. The van der Waals surface area contributed by atoms with Gasteiger partial charge in [0.25, 0.3) is 0 Å². The third-order valence-corrected chi connectivity index (χ3v) is 8.17. The number of hydrogen-bond acceptors (Lipinski definition) is 8. The maximum Gasteiger partial charge on any atom is 0.227 e. The number of fused-ring (bicyclic) bond motifs is 4. The predicted molar refractivity (Wildman–Crippen MR) is 137 cm³/mol. The molecule has 3 aromatic rings. The van der Waals surface area contributed by atoms with Crippen LogP contribution in [0.15, 0.2) is 48.8 Å². The summed E-state index contributed by atoms with van der Waals surface area (Å²) < 4.78 is 5.72. The summed E-state index contributed by atoms with van der Waals surface area (Å²) >= 11 is 0. The Morgan fingerprint density at radius 1 is 0.943 bits per heavy atom. The van der Waals surface area contributed by atoms with E-state index < -0.39 is 0 Å². The second-order valence-corrected chi connectivity index (χ2v) is 10.4. The summed E-state index contributed by atoms with van der Waals surface area (Å²) in [6.45, 7) is 6.23. The maximum absolute atomic E-state index is 5.72. The molecule has 0 radical (unpaired) electrons. The van der Waals surface area contributed by atoms with Crippen molar-refractivity contribution in [1.29, 1.82) is 0 Å². The molecule has 4 saturated heterocycles. The molecular formula is C27H31N7O. The molecule has 180 valence electrons. The Morgan fingerprint density at radius 2 is 1.89 bits per heavy atom. The van der Waals surface area contributed by atoms with Gasteiger partial charge in [-0.25, -0.2) is 15.0 Å². The van der Waals surface area contributed by atoms with Crippen LogP contribution in [0.5, 0.6) is 0 Å². The molecule has 4 fully saturated rings. The van der Waals surface area contributed by atoms with Crippen molar-refractivity contribution < 1.29 is 4.74 Å². The minimum Gasteiger partial charge on any atom is -0.374 e. The van der Waals surface area contributed by atoms with Crippen molar-refractivity contribution in [3.8, 4) is 11.3 Å². The zero-order chi connectivity index (χ0) is 23.5. The van der Waals surface area contributed by atoms with Crippen molar-refractivity contribution in [2.75, 3.05) is 48.4 Å². The fourth-order valence-electron chi connectivity index (χ4n) is 6.31. The molecule has 6 heterocycles. The highest BCUT2D eigenvalue weighted by Gasteiger charge is 2.42. The molecule has 4 aliphatic heterocycles. The number of ether oxygens (including phenoxy) is 1. The number of aryl methyl sites for hydroxylation is 1. The lowest BCUT2D eigenvalue weighted by molar-refractivity contribution is 0.0989. The molecule has 7 rings (SSSR count). The third-order valence-electron chi connectivity index (χ3n) is 8.17. The fourth-order valence-corrected chi connectivity index (χ4v) is 6.31. The number of aromatic nitrogens is 3. The molecule has 4 unspecified atom stereocenters. The Kier molecular flexibility index (Phi) is 4.92. The molecule has 4 atom stereocenters. The number of pyridine rings is 1. The van der Waals surface area contributed by atoms with Crippen LogP contribution in [-0.2, 0) is 4.74 Å². The minimum absolute atomic E-state index is 0.363. The van der Waals surface area contributed by atoms with Crippen LogP contribution in [0.4, 0.5) is 23.1 Å². The Hall–Kier alpha value is -3.23. The number of benzene rings is 1. The summed E-state index contributed by atoms with van der Waals surface area (Å²) in [6.07, 6.45) is 6.46. The molecule has 1 N–H and O–H groups in total. The summed E-state index contributed by atoms with van der Waals surface area (Å²) in [5.74, 6) is 1.61. The quantitative estimate of drug-likeness (QED) is 0.609. The van der Waals surface area contributed by atoms with Crippen molar-refractivity contribution in [3.63, 3.8) is 0 Å². The topological polar surface area (TPSA) is 69.6 Å². The Morgan fingerprint density at radius 3 is 2.57 bits per heavy atom. The van der Waals surface area contributed by atoms with Crippen LogP contribution in [0.1, 0.15) is 18.4 Å². The highest BCUT2D eigenvalue weighted by atomic mass is 16.5. The average Bonchev–Trinajstić information content (AvgIpc) is 3.66. The normalized spacial score (nSPS) is 27.3. The van der Waals surface area contributed by atoms with E-state index in [0.29, 0.717) is 30.2 Å². The van der Waals surface area contributed by atoms with Crippen molar-refractivity contribution >= 4 is 23.1 Å². The molecule has 2 aromatic heterocycles. The highest BCUT2D eigenvalue weighted by molar-refractivity contribution is 5.66. The second kappa shape index (κ2) is 8.17. The van der Waals surface area contributed by atoms with Gasteiger partial charge in [0.15, 0.2) is 0 Å². The number of nitrogens with zero attached hydrogens (tertiary/aromatic N) is 6. The van der Waals surface area contributed by atoms with E-state index in [9.17, 15) is 0 Å². The van der Waals surface area contributed by atoms with Gasteiger partial charge in [-0.2, -0.15) is 0 Å². The molecule has 0 amide bonds. The average molecular weight is 470 g/mol. The number of hydrogen-bond donors (Lipinski definition) is 1. The van der Waals surface area contributed by atoms with Gasteiger partial charge in [0.2, 0.25) is 5.95 Å². The van der Waals surface area contributed by atoms with Crippen LogP contribution in [0.25, 0.3) is 11.3 Å². The molecule has 8 nitrogen and oxygen atoms in total. The van der Waals surface area contributed by atoms with Gasteiger partial charge in [0.1, 0.15) is 5.82 Å². The second-order valence-electron chi connectivity index (χ2n) is 10.4. The van der Waals surface area contributed by atoms with Gasteiger partial charge >= 0.3 is 0 Å². The van der Waals surface area contributed by atoms with Crippen LogP contribution in [0.3, 0.4) is 0 Å². The Labute approximate surface area is 206 Å². The van der Waals surface area contributed by atoms with Crippen LogP contribution >= 0.6 is 0 Å². The van der Waals surface area contributed by atoms with Gasteiger partial charge in [-0.1, -0.05) is 0 Å². The van der Waals surface area contributed by atoms with E-state index in [2.05, 4.69) is 69.3 Å². The summed E-state index contributed by atoms with van der Waals surface area (Å²) in [6, 6.07) is 14.5. The van der Waals surface area contributed by atoms with Crippen LogP contribution in [0, 0.1) is 6.92 Å². The van der Waals surface area contributed by atoms with E-state index in [-0.39, 0.29) is 0 Å². The molecule has 4 aliphatic rings. The zero-order valence-electron chi connectivity index (χ0n) is 20.3. The van der Waals surface area contributed by atoms with E-state index in [1.807, 2.05) is 12.3 Å². The summed E-state index contributed by atoms with van der Waals surface area (Å²) in [5.41, 5.74) is 5.47. The van der Waals surface area contributed by atoms with E-state index in [0.717, 1.165) is 55.4 Å². The lowest BCUT2D eigenvalue weighted by Crippen LogP contribution is -2.44. The standard InChI is InChI=1S/C27H31N7O/c1-17-9-19(4-5-25(17)33-14-20-10-21(33)13-32(20)2)30-27-28-8-7-24(31-27)18-3-6-26(29-12-18)34-15-23-11-22(34)16-35-23/h3-9,12,20-23H,10-11,13-16H2,1-2H3,(H,28,30,31). The first kappa shape index (κ1) is 21.1. The number of likely N-dealkylation sites (N-methyl/N-ethyl adjacent to an activating group) is 1. The van der Waals surface area contributed by atoms with Crippen LogP contribution in [-0.4, -0.2) is 77.4 Å². The Bertz CT molecular complexity index is 1250. The van der Waals surface area contributed by atoms with E-state index in [4.69, 9.17) is 14.7 Å². The largest absolute Gasteiger partial charge is 0.374 e. The molecule has 0 aliphatic carbocycles. The smallest absolute Gasteiger partial charge is 0.227 e. The maximum atomic E-state index is 5.72. The van der Waals surface area contributed by atoms with E-state index >= 15 is 0 Å². The molecule has 8 heteroatoms. The molecule has 0 saturated carbocycles. The molecule has 0 spiro atoms. The van der Waals surface area contributed by atoms with E-state index in [1.54, 1.807) is 6.20 Å². The molecular weight excluding hydrogens is 438 g/mol. The van der Waals surface area contributed by atoms with Gasteiger partial charge in [-0.05, 0) is 68.8 Å². The van der Waals surface area contributed by atoms with Gasteiger partial charge in [0.05, 0.1) is 24.4 Å². The summed E-state index contributed by atoms with van der Waals surface area (Å²) in [5, 5.41) is 3.40. The number of morpholine rings is 1. The summed E-state index contributed by atoms with van der Waals surface area (Å²) in [4.78, 5) is 21.4. The summed E-state index contributed by atoms with van der Waals surface area (Å²) in [7, 11) is 2.24. The highest BCUT2D eigenvalue weighted by Crippen LogP contribution is 2.36. The van der Waals surface area contributed by atoms with E-state index in [1.165, 1.54) is 17.7 Å². The number of likely N-dealkylation sites (tertiary alicyclic amines) is 1. The minimum atomic E-state index is 0.363. The molecule has 35 heavy (non-hydrogen) atoms. The number of anilines is 4. The van der Waals surface area contributed by atoms with Crippen LogP contribution < -0.4 is 15.1 Å². The monoisotopic (exact) mass is 469 g/mol. The first-order chi connectivity index (χ1) is 17.1. The van der Waals surface area contributed by atoms with Crippen molar-refractivity contribution in [1.82, 2.24) is 19.9 Å². The first-order valence-electron chi connectivity index (χ1n) is 12.6. The number of rotatable bonds is 5. The van der Waals surface area contributed by atoms with Gasteiger partial charge in [-0.3, -0.25) is 4.90 Å². The van der Waals surface area contributed by atoms with Crippen molar-refractivity contribution in [3.05, 3.63) is 54.4 Å². The van der Waals surface area contributed by atoms with Crippen molar-refractivity contribution in [2.45, 2.75) is 44.0 Å². The molecule has 1 aromatic carbocycles. The van der Waals surface area contributed by atoms with Crippen molar-refractivity contribution in [2.24, 2.45) is 0 Å². The molecule has 4 bridgehead atoms. The number of piperazine rings is 1.